The zero-order valence-electron chi connectivity index (χ0n) is 10.2. The number of rotatable bonds is 5. The molecule has 1 unspecified atom stereocenters. The zero-order valence-corrected chi connectivity index (χ0v) is 11.1. The van der Waals surface area contributed by atoms with E-state index in [2.05, 4.69) is 22.5 Å². The third kappa shape index (κ3) is 2.98. The van der Waals surface area contributed by atoms with Crippen LogP contribution < -0.4 is 0 Å². The van der Waals surface area contributed by atoms with E-state index in [1.165, 1.54) is 12.8 Å². The molecule has 1 fully saturated rings. The Morgan fingerprint density at radius 3 is 2.78 bits per heavy atom. The van der Waals surface area contributed by atoms with Gasteiger partial charge in [-0.1, -0.05) is 43.2 Å². The average Bonchev–Trinajstić information content (AvgIpc) is 3.06. The molecule has 1 saturated carbocycles. The van der Waals surface area contributed by atoms with Crippen molar-refractivity contribution in [2.24, 2.45) is 5.92 Å². The van der Waals surface area contributed by atoms with Crippen molar-refractivity contribution in [2.45, 2.75) is 31.8 Å². The van der Waals surface area contributed by atoms with Gasteiger partial charge < -0.3 is 5.11 Å². The lowest BCUT2D eigenvalue weighted by atomic mass is 10.1. The van der Waals surface area contributed by atoms with E-state index in [9.17, 15) is 5.11 Å². The van der Waals surface area contributed by atoms with Gasteiger partial charge in [0.1, 0.15) is 0 Å². The first kappa shape index (κ1) is 11.9. The third-order valence-corrected chi connectivity index (χ3v) is 4.21. The summed E-state index contributed by atoms with van der Waals surface area (Å²) in [6.45, 7) is 0. The first-order valence-corrected chi connectivity index (χ1v) is 7.37. The molecule has 1 N–H and O–H groups in total. The van der Waals surface area contributed by atoms with Crippen LogP contribution in [0.4, 0.5) is 0 Å². The number of thiazole rings is 1. The Morgan fingerprint density at radius 1 is 1.28 bits per heavy atom. The molecule has 1 atom stereocenters. The van der Waals surface area contributed by atoms with Gasteiger partial charge in [0.15, 0.2) is 0 Å². The lowest BCUT2D eigenvalue weighted by Gasteiger charge is -2.06. The van der Waals surface area contributed by atoms with E-state index in [1.807, 2.05) is 18.2 Å². The largest absolute Gasteiger partial charge is 0.393 e. The first-order chi connectivity index (χ1) is 8.81. The SMILES string of the molecule is OC(Cc1nc(-c2ccccc2)cs1)CC1CC1. The second kappa shape index (κ2) is 5.21. The molecule has 94 valence electrons. The quantitative estimate of drug-likeness (QED) is 0.891. The Bertz CT molecular complexity index is 504. The molecule has 0 bridgehead atoms. The van der Waals surface area contributed by atoms with Crippen LogP contribution in [0.25, 0.3) is 11.3 Å². The van der Waals surface area contributed by atoms with Crippen molar-refractivity contribution < 1.29 is 5.11 Å². The van der Waals surface area contributed by atoms with Crippen molar-refractivity contribution in [3.05, 3.63) is 40.7 Å². The molecule has 1 aromatic heterocycles. The topological polar surface area (TPSA) is 33.1 Å². The number of aliphatic hydroxyl groups excluding tert-OH is 1. The number of benzene rings is 1. The fraction of sp³-hybridized carbons (Fsp3) is 0.400. The zero-order chi connectivity index (χ0) is 12.4. The Kier molecular flexibility index (Phi) is 3.43. The maximum Gasteiger partial charge on any atom is 0.0958 e. The summed E-state index contributed by atoms with van der Waals surface area (Å²) in [4.78, 5) is 4.61. The number of hydrogen-bond donors (Lipinski definition) is 1. The van der Waals surface area contributed by atoms with E-state index in [-0.39, 0.29) is 6.10 Å². The molecule has 2 nitrogen and oxygen atoms in total. The summed E-state index contributed by atoms with van der Waals surface area (Å²) in [5, 5.41) is 13.1. The van der Waals surface area contributed by atoms with Gasteiger partial charge in [0, 0.05) is 17.4 Å². The first-order valence-electron chi connectivity index (χ1n) is 6.49. The fourth-order valence-electron chi connectivity index (χ4n) is 2.17. The van der Waals surface area contributed by atoms with Crippen LogP contribution in [0.15, 0.2) is 35.7 Å². The Morgan fingerprint density at radius 2 is 2.06 bits per heavy atom. The van der Waals surface area contributed by atoms with Crippen LogP contribution in [0.3, 0.4) is 0 Å². The average molecular weight is 259 g/mol. The summed E-state index contributed by atoms with van der Waals surface area (Å²) in [7, 11) is 0. The summed E-state index contributed by atoms with van der Waals surface area (Å²) < 4.78 is 0. The molecule has 1 aromatic carbocycles. The molecule has 0 spiro atoms. The van der Waals surface area contributed by atoms with Gasteiger partial charge in [-0.25, -0.2) is 4.98 Å². The highest BCUT2D eigenvalue weighted by Crippen LogP contribution is 2.34. The van der Waals surface area contributed by atoms with Crippen molar-refractivity contribution >= 4 is 11.3 Å². The normalized spacial score (nSPS) is 16.7. The van der Waals surface area contributed by atoms with Gasteiger partial charge in [-0.05, 0) is 12.3 Å². The summed E-state index contributed by atoms with van der Waals surface area (Å²) in [6, 6.07) is 10.2. The van der Waals surface area contributed by atoms with Crippen LogP contribution in [-0.4, -0.2) is 16.2 Å². The highest BCUT2D eigenvalue weighted by molar-refractivity contribution is 7.09. The molecule has 2 aromatic rings. The van der Waals surface area contributed by atoms with Gasteiger partial charge in [-0.3, -0.25) is 0 Å². The van der Waals surface area contributed by atoms with Gasteiger partial charge in [0.05, 0.1) is 16.8 Å². The lowest BCUT2D eigenvalue weighted by molar-refractivity contribution is 0.158. The summed E-state index contributed by atoms with van der Waals surface area (Å²) >= 11 is 1.65. The van der Waals surface area contributed by atoms with Crippen LogP contribution in [0.5, 0.6) is 0 Å². The van der Waals surface area contributed by atoms with Gasteiger partial charge in [0.2, 0.25) is 0 Å². The van der Waals surface area contributed by atoms with Crippen molar-refractivity contribution in [1.82, 2.24) is 4.98 Å². The highest BCUT2D eigenvalue weighted by Gasteiger charge is 2.25. The summed E-state index contributed by atoms with van der Waals surface area (Å²) in [5.74, 6) is 0.772. The number of hydrogen-bond acceptors (Lipinski definition) is 3. The van der Waals surface area contributed by atoms with Crippen molar-refractivity contribution in [3.8, 4) is 11.3 Å². The molecule has 1 aliphatic rings. The number of aliphatic hydroxyl groups is 1. The Balaban J connectivity index is 1.65. The van der Waals surface area contributed by atoms with Gasteiger partial charge in [-0.2, -0.15) is 0 Å². The molecular formula is C15H17NOS. The summed E-state index contributed by atoms with van der Waals surface area (Å²) in [6.07, 6.45) is 4.02. The van der Waals surface area contributed by atoms with Crippen molar-refractivity contribution in [2.75, 3.05) is 0 Å². The van der Waals surface area contributed by atoms with E-state index >= 15 is 0 Å². The monoisotopic (exact) mass is 259 g/mol. The second-order valence-corrected chi connectivity index (χ2v) is 5.97. The van der Waals surface area contributed by atoms with Crippen LogP contribution in [0.1, 0.15) is 24.3 Å². The predicted octanol–water partition coefficient (Wildman–Crippen LogP) is 3.51. The molecule has 0 aliphatic heterocycles. The van der Waals surface area contributed by atoms with E-state index in [0.717, 1.165) is 28.6 Å². The van der Waals surface area contributed by atoms with Crippen molar-refractivity contribution in [3.63, 3.8) is 0 Å². The van der Waals surface area contributed by atoms with E-state index in [0.29, 0.717) is 6.42 Å². The fourth-order valence-corrected chi connectivity index (χ4v) is 3.05. The van der Waals surface area contributed by atoms with Crippen LogP contribution in [0.2, 0.25) is 0 Å². The van der Waals surface area contributed by atoms with Crippen LogP contribution in [0, 0.1) is 5.92 Å². The minimum Gasteiger partial charge on any atom is -0.393 e. The maximum atomic E-state index is 9.96. The van der Waals surface area contributed by atoms with Gasteiger partial charge in [0.25, 0.3) is 0 Å². The second-order valence-electron chi connectivity index (χ2n) is 5.03. The van der Waals surface area contributed by atoms with E-state index in [4.69, 9.17) is 0 Å². The Hall–Kier alpha value is -1.19. The van der Waals surface area contributed by atoms with Gasteiger partial charge in [-0.15, -0.1) is 11.3 Å². The van der Waals surface area contributed by atoms with Crippen molar-refractivity contribution in [1.29, 1.82) is 0 Å². The van der Waals surface area contributed by atoms with E-state index < -0.39 is 0 Å². The summed E-state index contributed by atoms with van der Waals surface area (Å²) in [5.41, 5.74) is 2.17. The molecule has 0 amide bonds. The molecular weight excluding hydrogens is 242 g/mol. The highest BCUT2D eigenvalue weighted by atomic mass is 32.1. The molecule has 1 heterocycles. The van der Waals surface area contributed by atoms with Crippen LogP contribution in [-0.2, 0) is 6.42 Å². The molecule has 1 aliphatic carbocycles. The van der Waals surface area contributed by atoms with Crippen LogP contribution >= 0.6 is 11.3 Å². The minimum absolute atomic E-state index is 0.215. The standard InChI is InChI=1S/C15H17NOS/c17-13(8-11-6-7-11)9-15-16-14(10-18-15)12-4-2-1-3-5-12/h1-5,10-11,13,17H,6-9H2. The number of aromatic nitrogens is 1. The molecule has 0 saturated heterocycles. The van der Waals surface area contributed by atoms with Gasteiger partial charge >= 0.3 is 0 Å². The minimum atomic E-state index is -0.215. The molecule has 18 heavy (non-hydrogen) atoms. The maximum absolute atomic E-state index is 9.96. The molecule has 0 radical (unpaired) electrons. The third-order valence-electron chi connectivity index (χ3n) is 3.33. The molecule has 3 rings (SSSR count). The predicted molar refractivity (Wildman–Crippen MR) is 74.6 cm³/mol. The number of nitrogens with zero attached hydrogens (tertiary/aromatic N) is 1. The smallest absolute Gasteiger partial charge is 0.0958 e. The molecule has 3 heteroatoms. The van der Waals surface area contributed by atoms with E-state index in [1.54, 1.807) is 11.3 Å². The lowest BCUT2D eigenvalue weighted by Crippen LogP contribution is -2.10. The Labute approximate surface area is 111 Å².